The molecule has 2 aromatic heterocycles. The van der Waals surface area contributed by atoms with Gasteiger partial charge < -0.3 is 5.32 Å². The lowest BCUT2D eigenvalue weighted by Crippen LogP contribution is -2.38. The van der Waals surface area contributed by atoms with Crippen LogP contribution >= 0.6 is 0 Å². The number of nitrogens with zero attached hydrogens (tertiary/aromatic N) is 3. The zero-order chi connectivity index (χ0) is 13.1. The van der Waals surface area contributed by atoms with Crippen LogP contribution in [0, 0.1) is 0 Å². The van der Waals surface area contributed by atoms with Crippen LogP contribution < -0.4 is 5.32 Å². The van der Waals surface area contributed by atoms with E-state index in [9.17, 15) is 9.59 Å². The molecule has 6 nitrogen and oxygen atoms in total. The van der Waals surface area contributed by atoms with E-state index < -0.39 is 6.04 Å². The van der Waals surface area contributed by atoms with Gasteiger partial charge in [0.05, 0.1) is 29.5 Å². The molecule has 0 aliphatic carbocycles. The number of hydrogen-bond donors (Lipinski definition) is 1. The Morgan fingerprint density at radius 3 is 2.94 bits per heavy atom. The molecule has 6 heteroatoms. The van der Waals surface area contributed by atoms with Gasteiger partial charge in [0.1, 0.15) is 0 Å². The van der Waals surface area contributed by atoms with Crippen molar-refractivity contribution in [2.75, 3.05) is 0 Å². The Kier molecular flexibility index (Phi) is 3.36. The molecule has 1 N–H and O–H groups in total. The quantitative estimate of drug-likeness (QED) is 0.866. The molecule has 2 heterocycles. The first-order chi connectivity index (χ1) is 8.63. The number of ketones is 1. The number of Topliss-reactive ketones (excluding diaryl/α,β-unsaturated/α-hetero) is 1. The molecule has 1 unspecified atom stereocenters. The third-order valence-corrected chi connectivity index (χ3v) is 2.75. The number of hydrogen-bond acceptors (Lipinski definition) is 4. The van der Waals surface area contributed by atoms with Gasteiger partial charge in [-0.3, -0.25) is 14.6 Å². The Morgan fingerprint density at radius 1 is 1.44 bits per heavy atom. The van der Waals surface area contributed by atoms with Crippen LogP contribution in [0.25, 0.3) is 5.52 Å². The lowest BCUT2D eigenvalue weighted by atomic mass is 10.1. The number of fused-ring (bicyclic) bond motifs is 1. The third kappa shape index (κ3) is 2.22. The van der Waals surface area contributed by atoms with E-state index in [2.05, 4.69) is 15.4 Å². The van der Waals surface area contributed by atoms with Gasteiger partial charge in [0.25, 0.3) is 5.91 Å². The number of carbonyl (C=O) groups is 2. The third-order valence-electron chi connectivity index (χ3n) is 2.75. The summed E-state index contributed by atoms with van der Waals surface area (Å²) in [6.45, 7) is 3.44. The van der Waals surface area contributed by atoms with E-state index in [1.807, 2.05) is 0 Å². The molecule has 1 atom stereocenters. The Morgan fingerprint density at radius 2 is 2.22 bits per heavy atom. The SMILES string of the molecule is CCC(=O)C(C)NC(=O)c1cnn2ccncc12. The molecule has 0 aliphatic rings. The highest BCUT2D eigenvalue weighted by Crippen LogP contribution is 2.08. The van der Waals surface area contributed by atoms with Crippen molar-refractivity contribution in [3.8, 4) is 0 Å². The maximum atomic E-state index is 12.0. The minimum absolute atomic E-state index is 0.00190. The maximum absolute atomic E-state index is 12.0. The van der Waals surface area contributed by atoms with E-state index in [0.717, 1.165) is 0 Å². The van der Waals surface area contributed by atoms with Crippen molar-refractivity contribution >= 4 is 17.2 Å². The van der Waals surface area contributed by atoms with Crippen molar-refractivity contribution in [1.29, 1.82) is 0 Å². The smallest absolute Gasteiger partial charge is 0.255 e. The first-order valence-electron chi connectivity index (χ1n) is 5.74. The predicted molar refractivity (Wildman–Crippen MR) is 65.2 cm³/mol. The van der Waals surface area contributed by atoms with E-state index in [-0.39, 0.29) is 11.7 Å². The molecular formula is C12H14N4O2. The molecule has 94 valence electrons. The molecule has 1 amide bonds. The average molecular weight is 246 g/mol. The summed E-state index contributed by atoms with van der Waals surface area (Å²) in [4.78, 5) is 27.4. The van der Waals surface area contributed by atoms with Crippen LogP contribution in [0.1, 0.15) is 30.6 Å². The van der Waals surface area contributed by atoms with Crippen LogP contribution in [0.3, 0.4) is 0 Å². The van der Waals surface area contributed by atoms with Gasteiger partial charge >= 0.3 is 0 Å². The van der Waals surface area contributed by atoms with Crippen LogP contribution in [-0.4, -0.2) is 32.3 Å². The lowest BCUT2D eigenvalue weighted by Gasteiger charge is -2.10. The van der Waals surface area contributed by atoms with Gasteiger partial charge in [-0.2, -0.15) is 5.10 Å². The van der Waals surface area contributed by atoms with E-state index in [1.165, 1.54) is 6.20 Å². The van der Waals surface area contributed by atoms with Crippen LogP contribution in [-0.2, 0) is 4.79 Å². The Labute approximate surface area is 104 Å². The van der Waals surface area contributed by atoms with Crippen molar-refractivity contribution in [3.63, 3.8) is 0 Å². The molecule has 0 aliphatic heterocycles. The molecule has 0 aromatic carbocycles. The number of nitrogens with one attached hydrogen (secondary N) is 1. The van der Waals surface area contributed by atoms with Crippen LogP contribution in [0.15, 0.2) is 24.8 Å². The van der Waals surface area contributed by atoms with Gasteiger partial charge in [-0.15, -0.1) is 0 Å². The van der Waals surface area contributed by atoms with Gasteiger partial charge in [0.2, 0.25) is 0 Å². The summed E-state index contributed by atoms with van der Waals surface area (Å²) in [7, 11) is 0. The van der Waals surface area contributed by atoms with E-state index in [4.69, 9.17) is 0 Å². The maximum Gasteiger partial charge on any atom is 0.255 e. The Hall–Kier alpha value is -2.24. The minimum atomic E-state index is -0.492. The van der Waals surface area contributed by atoms with Gasteiger partial charge in [-0.1, -0.05) is 6.92 Å². The number of carbonyl (C=O) groups excluding carboxylic acids is 2. The number of aromatic nitrogens is 3. The monoisotopic (exact) mass is 246 g/mol. The summed E-state index contributed by atoms with van der Waals surface area (Å²) in [5, 5.41) is 6.70. The Balaban J connectivity index is 2.21. The fraction of sp³-hybridized carbons (Fsp3) is 0.333. The molecule has 0 radical (unpaired) electrons. The van der Waals surface area contributed by atoms with E-state index in [0.29, 0.717) is 17.5 Å². The topological polar surface area (TPSA) is 76.4 Å². The second-order valence-corrected chi connectivity index (χ2v) is 3.98. The molecule has 0 fully saturated rings. The van der Waals surface area contributed by atoms with Gasteiger partial charge in [-0.25, -0.2) is 4.52 Å². The highest BCUT2D eigenvalue weighted by atomic mass is 16.2. The van der Waals surface area contributed by atoms with E-state index in [1.54, 1.807) is 37.0 Å². The highest BCUT2D eigenvalue weighted by molar-refractivity contribution is 6.02. The van der Waals surface area contributed by atoms with Gasteiger partial charge in [-0.05, 0) is 6.92 Å². The number of rotatable bonds is 4. The molecule has 2 rings (SSSR count). The first kappa shape index (κ1) is 12.2. The molecule has 18 heavy (non-hydrogen) atoms. The van der Waals surface area contributed by atoms with Crippen molar-refractivity contribution < 1.29 is 9.59 Å². The summed E-state index contributed by atoms with van der Waals surface area (Å²) in [6.07, 6.45) is 6.68. The molecule has 0 spiro atoms. The van der Waals surface area contributed by atoms with Crippen LogP contribution in [0.2, 0.25) is 0 Å². The summed E-state index contributed by atoms with van der Waals surface area (Å²) < 4.78 is 1.56. The van der Waals surface area contributed by atoms with Gasteiger partial charge in [0, 0.05) is 18.8 Å². The largest absolute Gasteiger partial charge is 0.342 e. The molecule has 2 aromatic rings. The second-order valence-electron chi connectivity index (χ2n) is 3.98. The summed E-state index contributed by atoms with van der Waals surface area (Å²) in [5.41, 5.74) is 1.03. The highest BCUT2D eigenvalue weighted by Gasteiger charge is 2.17. The second kappa shape index (κ2) is 4.95. The zero-order valence-corrected chi connectivity index (χ0v) is 10.3. The summed E-state index contributed by atoms with van der Waals surface area (Å²) in [6, 6.07) is -0.492. The first-order valence-corrected chi connectivity index (χ1v) is 5.74. The van der Waals surface area contributed by atoms with Crippen molar-refractivity contribution in [1.82, 2.24) is 19.9 Å². The fourth-order valence-corrected chi connectivity index (χ4v) is 1.67. The standard InChI is InChI=1S/C12H14N4O2/c1-3-11(17)8(2)15-12(18)9-6-14-16-5-4-13-7-10(9)16/h4-8H,3H2,1-2H3,(H,15,18). The fourth-order valence-electron chi connectivity index (χ4n) is 1.67. The minimum Gasteiger partial charge on any atom is -0.342 e. The summed E-state index contributed by atoms with van der Waals surface area (Å²) >= 11 is 0. The molecule has 0 saturated heterocycles. The van der Waals surface area contributed by atoms with Gasteiger partial charge in [0.15, 0.2) is 5.78 Å². The number of amides is 1. The molecular weight excluding hydrogens is 232 g/mol. The lowest BCUT2D eigenvalue weighted by molar-refractivity contribution is -0.120. The summed E-state index contributed by atoms with van der Waals surface area (Å²) in [5.74, 6) is -0.315. The Bertz CT molecular complexity index is 591. The van der Waals surface area contributed by atoms with E-state index >= 15 is 0 Å². The normalized spacial score (nSPS) is 12.3. The zero-order valence-electron chi connectivity index (χ0n) is 10.3. The average Bonchev–Trinajstić information content (AvgIpc) is 2.81. The van der Waals surface area contributed by atoms with Crippen LogP contribution in [0.4, 0.5) is 0 Å². The van der Waals surface area contributed by atoms with Crippen molar-refractivity contribution in [2.45, 2.75) is 26.3 Å². The molecule has 0 saturated carbocycles. The predicted octanol–water partition coefficient (Wildman–Crippen LogP) is 0.827. The van der Waals surface area contributed by atoms with Crippen molar-refractivity contribution in [3.05, 3.63) is 30.4 Å². The van der Waals surface area contributed by atoms with Crippen LogP contribution in [0.5, 0.6) is 0 Å². The molecule has 0 bridgehead atoms. The van der Waals surface area contributed by atoms with Crippen molar-refractivity contribution in [2.24, 2.45) is 0 Å².